The van der Waals surface area contributed by atoms with Crippen molar-refractivity contribution in [2.24, 2.45) is 0 Å². The van der Waals surface area contributed by atoms with Crippen LogP contribution in [-0.2, 0) is 29.0 Å². The van der Waals surface area contributed by atoms with Gasteiger partial charge in [0.1, 0.15) is 24.1 Å². The van der Waals surface area contributed by atoms with E-state index in [1.165, 1.54) is 0 Å². The van der Waals surface area contributed by atoms with Gasteiger partial charge in [0.2, 0.25) is 5.91 Å². The third-order valence-corrected chi connectivity index (χ3v) is 4.82. The second-order valence-corrected chi connectivity index (χ2v) is 7.25. The van der Waals surface area contributed by atoms with Gasteiger partial charge in [0.25, 0.3) is 0 Å². The van der Waals surface area contributed by atoms with E-state index in [4.69, 9.17) is 4.74 Å². The fraction of sp³-hybridized carbons (Fsp3) is 0.200. The molecule has 1 atom stereocenters. The van der Waals surface area contributed by atoms with Gasteiger partial charge in [0.15, 0.2) is 0 Å². The van der Waals surface area contributed by atoms with Gasteiger partial charge in [0.05, 0.1) is 0 Å². The van der Waals surface area contributed by atoms with E-state index in [0.29, 0.717) is 18.8 Å². The lowest BCUT2D eigenvalue weighted by atomic mass is 10.0. The number of hydrogen-bond donors (Lipinski definition) is 3. The van der Waals surface area contributed by atoms with E-state index < -0.39 is 12.0 Å². The molecule has 0 fully saturated rings. The summed E-state index contributed by atoms with van der Waals surface area (Å²) in [4.78, 5) is 23.8. The van der Waals surface area contributed by atoms with Crippen molar-refractivity contribution in [3.8, 4) is 11.5 Å². The lowest BCUT2D eigenvalue weighted by molar-refractivity contribution is -0.141. The van der Waals surface area contributed by atoms with Crippen molar-refractivity contribution in [2.45, 2.75) is 31.9 Å². The van der Waals surface area contributed by atoms with Crippen molar-refractivity contribution in [1.29, 1.82) is 0 Å². The van der Waals surface area contributed by atoms with Crippen LogP contribution in [0.3, 0.4) is 0 Å². The van der Waals surface area contributed by atoms with Crippen molar-refractivity contribution < 1.29 is 24.5 Å². The van der Waals surface area contributed by atoms with Gasteiger partial charge in [-0.05, 0) is 47.4 Å². The molecule has 0 aliphatic carbocycles. The molecule has 1 amide bonds. The first kappa shape index (κ1) is 21.9. The van der Waals surface area contributed by atoms with E-state index in [-0.39, 0.29) is 24.5 Å². The Hall–Kier alpha value is -3.80. The molecule has 0 aromatic heterocycles. The van der Waals surface area contributed by atoms with Crippen LogP contribution in [-0.4, -0.2) is 28.1 Å². The number of benzene rings is 3. The largest absolute Gasteiger partial charge is 0.508 e. The molecule has 3 rings (SSSR count). The van der Waals surface area contributed by atoms with E-state index in [1.807, 2.05) is 30.3 Å². The number of nitrogens with one attached hydrogen (secondary N) is 1. The number of amides is 1. The number of phenols is 1. The van der Waals surface area contributed by atoms with Gasteiger partial charge in [-0.1, -0.05) is 54.6 Å². The molecule has 0 spiro atoms. The van der Waals surface area contributed by atoms with Gasteiger partial charge in [-0.3, -0.25) is 4.79 Å². The lowest BCUT2D eigenvalue weighted by Crippen LogP contribution is -2.42. The first-order valence-electron chi connectivity index (χ1n) is 10.1. The zero-order chi connectivity index (χ0) is 22.1. The Balaban J connectivity index is 1.50. The van der Waals surface area contributed by atoms with Crippen LogP contribution in [0.4, 0.5) is 0 Å². The highest BCUT2D eigenvalue weighted by atomic mass is 16.5. The number of aromatic hydroxyl groups is 1. The predicted octanol–water partition coefficient (Wildman–Crippen LogP) is 3.72. The summed E-state index contributed by atoms with van der Waals surface area (Å²) in [6, 6.07) is 22.6. The molecular weight excluding hydrogens is 394 g/mol. The third-order valence-electron chi connectivity index (χ3n) is 4.82. The first-order chi connectivity index (χ1) is 15.0. The summed E-state index contributed by atoms with van der Waals surface area (Å²) in [5, 5.41) is 21.4. The minimum atomic E-state index is -1.08. The molecule has 3 N–H and O–H groups in total. The smallest absolute Gasteiger partial charge is 0.326 e. The monoisotopic (exact) mass is 419 g/mol. The van der Waals surface area contributed by atoms with Crippen LogP contribution in [0.15, 0.2) is 78.9 Å². The maximum absolute atomic E-state index is 12.2. The summed E-state index contributed by atoms with van der Waals surface area (Å²) >= 11 is 0. The Labute approximate surface area is 181 Å². The van der Waals surface area contributed by atoms with Crippen LogP contribution in [0.5, 0.6) is 11.5 Å². The third kappa shape index (κ3) is 7.19. The normalized spacial score (nSPS) is 11.5. The molecular formula is C25H25NO5. The number of phenolic OH excluding ortho intramolecular Hbond substituents is 1. The van der Waals surface area contributed by atoms with Gasteiger partial charge < -0.3 is 20.3 Å². The molecule has 0 unspecified atom stereocenters. The van der Waals surface area contributed by atoms with E-state index in [2.05, 4.69) is 5.32 Å². The van der Waals surface area contributed by atoms with Crippen LogP contribution in [0.25, 0.3) is 0 Å². The molecule has 0 heterocycles. The van der Waals surface area contributed by atoms with E-state index >= 15 is 0 Å². The summed E-state index contributed by atoms with van der Waals surface area (Å²) in [7, 11) is 0. The summed E-state index contributed by atoms with van der Waals surface area (Å²) in [5.74, 6) is -0.557. The number of carbonyl (C=O) groups excluding carboxylic acids is 1. The average Bonchev–Trinajstić information content (AvgIpc) is 2.78. The van der Waals surface area contributed by atoms with E-state index in [0.717, 1.165) is 16.7 Å². The van der Waals surface area contributed by atoms with Crippen LogP contribution in [0.1, 0.15) is 23.1 Å². The minimum Gasteiger partial charge on any atom is -0.508 e. The summed E-state index contributed by atoms with van der Waals surface area (Å²) in [6.45, 7) is 0.453. The Morgan fingerprint density at radius 3 is 2.13 bits per heavy atom. The molecule has 160 valence electrons. The molecule has 0 aliphatic heterocycles. The average molecular weight is 419 g/mol. The van der Waals surface area contributed by atoms with Gasteiger partial charge in [-0.25, -0.2) is 4.79 Å². The molecule has 3 aromatic carbocycles. The lowest BCUT2D eigenvalue weighted by Gasteiger charge is -2.15. The van der Waals surface area contributed by atoms with Gasteiger partial charge in [0, 0.05) is 12.8 Å². The highest BCUT2D eigenvalue weighted by Gasteiger charge is 2.20. The highest BCUT2D eigenvalue weighted by molar-refractivity contribution is 5.83. The van der Waals surface area contributed by atoms with Crippen molar-refractivity contribution in [1.82, 2.24) is 5.32 Å². The van der Waals surface area contributed by atoms with Crippen LogP contribution in [0.2, 0.25) is 0 Å². The summed E-state index contributed by atoms with van der Waals surface area (Å²) < 4.78 is 5.74. The topological polar surface area (TPSA) is 95.9 Å². The zero-order valence-electron chi connectivity index (χ0n) is 17.0. The van der Waals surface area contributed by atoms with Crippen molar-refractivity contribution in [3.63, 3.8) is 0 Å². The molecule has 0 aliphatic rings. The predicted molar refractivity (Wildman–Crippen MR) is 117 cm³/mol. The second kappa shape index (κ2) is 10.8. The summed E-state index contributed by atoms with van der Waals surface area (Å²) in [5.41, 5.74) is 2.75. The first-order valence-corrected chi connectivity index (χ1v) is 10.1. The molecule has 6 heteroatoms. The Bertz CT molecular complexity index is 985. The molecule has 31 heavy (non-hydrogen) atoms. The van der Waals surface area contributed by atoms with Gasteiger partial charge in [-0.2, -0.15) is 0 Å². The van der Waals surface area contributed by atoms with Crippen molar-refractivity contribution in [2.75, 3.05) is 0 Å². The van der Waals surface area contributed by atoms with E-state index in [9.17, 15) is 19.8 Å². The van der Waals surface area contributed by atoms with Crippen LogP contribution in [0, 0.1) is 0 Å². The minimum absolute atomic E-state index is 0.163. The summed E-state index contributed by atoms with van der Waals surface area (Å²) in [6.07, 6.45) is 0.811. The highest BCUT2D eigenvalue weighted by Crippen LogP contribution is 2.16. The van der Waals surface area contributed by atoms with Gasteiger partial charge in [-0.15, -0.1) is 0 Å². The fourth-order valence-electron chi connectivity index (χ4n) is 3.09. The number of carboxylic acid groups (broad SMARTS) is 1. The SMILES string of the molecule is O=C(CCc1ccc(O)cc1)N[C@@H](Cc1ccc(OCc2ccccc2)cc1)C(=O)O. The molecule has 0 radical (unpaired) electrons. The zero-order valence-corrected chi connectivity index (χ0v) is 17.0. The van der Waals surface area contributed by atoms with Crippen LogP contribution < -0.4 is 10.1 Å². The molecule has 3 aromatic rings. The Morgan fingerprint density at radius 2 is 1.48 bits per heavy atom. The van der Waals surface area contributed by atoms with Gasteiger partial charge >= 0.3 is 5.97 Å². The maximum atomic E-state index is 12.2. The molecule has 0 saturated heterocycles. The Kier molecular flexibility index (Phi) is 7.65. The van der Waals surface area contributed by atoms with Crippen LogP contribution >= 0.6 is 0 Å². The number of hydrogen-bond acceptors (Lipinski definition) is 4. The number of aliphatic carboxylic acids is 1. The number of carbonyl (C=O) groups is 2. The van der Waals surface area contributed by atoms with Crippen molar-refractivity contribution in [3.05, 3.63) is 95.6 Å². The standard InChI is InChI=1S/C25H25NO5/c27-21-11-6-18(7-12-21)10-15-24(28)26-23(25(29)30)16-19-8-13-22(14-9-19)31-17-20-4-2-1-3-5-20/h1-9,11-14,23,27H,10,15-17H2,(H,26,28)(H,29,30)/t23-/m0/s1. The second-order valence-electron chi connectivity index (χ2n) is 7.25. The fourth-order valence-corrected chi connectivity index (χ4v) is 3.09. The number of carboxylic acids is 1. The quantitative estimate of drug-likeness (QED) is 0.466. The van der Waals surface area contributed by atoms with E-state index in [1.54, 1.807) is 48.5 Å². The van der Waals surface area contributed by atoms with Crippen molar-refractivity contribution >= 4 is 11.9 Å². The molecule has 0 bridgehead atoms. The number of rotatable bonds is 10. The molecule has 0 saturated carbocycles. The maximum Gasteiger partial charge on any atom is 0.326 e. The molecule has 6 nitrogen and oxygen atoms in total. The number of aryl methyl sites for hydroxylation is 1. The number of ether oxygens (including phenoxy) is 1. The Morgan fingerprint density at radius 1 is 0.839 bits per heavy atom.